The van der Waals surface area contributed by atoms with Gasteiger partial charge in [0.15, 0.2) is 0 Å². The Labute approximate surface area is 337 Å². The predicted octanol–water partition coefficient (Wildman–Crippen LogP) is 14.9. The van der Waals surface area contributed by atoms with Gasteiger partial charge in [-0.3, -0.25) is 0 Å². The lowest BCUT2D eigenvalue weighted by Gasteiger charge is -2.29. The highest BCUT2D eigenvalue weighted by Crippen LogP contribution is 2.42. The summed E-state index contributed by atoms with van der Waals surface area (Å²) in [6.07, 6.45) is 13.8. The molecule has 1 heteroatoms. The monoisotopic (exact) mass is 731 g/mol. The molecule has 0 atom stereocenters. The summed E-state index contributed by atoms with van der Waals surface area (Å²) in [6.45, 7) is 0. The van der Waals surface area contributed by atoms with E-state index in [4.69, 9.17) is 0 Å². The van der Waals surface area contributed by atoms with Crippen molar-refractivity contribution in [2.24, 2.45) is 0 Å². The van der Waals surface area contributed by atoms with E-state index in [2.05, 4.69) is 229 Å². The van der Waals surface area contributed by atoms with E-state index in [0.29, 0.717) is 0 Å². The fourth-order valence-electron chi connectivity index (χ4n) is 8.23. The van der Waals surface area contributed by atoms with Crippen LogP contribution in [0, 0.1) is 0 Å². The van der Waals surface area contributed by atoms with Gasteiger partial charge in [0.2, 0.25) is 0 Å². The molecule has 0 fully saturated rings. The molecule has 1 nitrogen and oxygen atoms in total. The molecule has 0 bridgehead atoms. The van der Waals surface area contributed by atoms with Gasteiger partial charge in [0, 0.05) is 16.8 Å². The number of fused-ring (bicyclic) bond motifs is 2. The van der Waals surface area contributed by atoms with Crippen molar-refractivity contribution in [2.75, 3.05) is 4.90 Å². The van der Waals surface area contributed by atoms with Gasteiger partial charge in [-0.1, -0.05) is 188 Å². The van der Waals surface area contributed by atoms with Crippen LogP contribution in [0.3, 0.4) is 0 Å². The highest BCUT2D eigenvalue weighted by Gasteiger charge is 2.19. The SMILES string of the molecule is C(/C=C/c1ccc(N(c2ccc(C=C(c3ccccc3)c3ccccc3)cc2)c2ccc3c(c2)CCCC3)c2ccccc12)=C(c1ccccc1)c1ccccc1. The van der Waals surface area contributed by atoms with Crippen molar-refractivity contribution < 1.29 is 0 Å². The number of aryl methyl sites for hydroxylation is 2. The van der Waals surface area contributed by atoms with Crippen molar-refractivity contribution in [3.05, 3.63) is 257 Å². The molecule has 0 spiro atoms. The van der Waals surface area contributed by atoms with Crippen LogP contribution in [0.25, 0.3) is 34.1 Å². The average molecular weight is 732 g/mol. The summed E-state index contributed by atoms with van der Waals surface area (Å²) in [6, 6.07) is 72.3. The molecule has 0 amide bonds. The molecule has 0 N–H and O–H groups in total. The Hall–Kier alpha value is -6.96. The van der Waals surface area contributed by atoms with Gasteiger partial charge in [-0.05, 0) is 123 Å². The molecular weight excluding hydrogens is 687 g/mol. The second kappa shape index (κ2) is 16.8. The van der Waals surface area contributed by atoms with E-state index >= 15 is 0 Å². The second-order valence-corrected chi connectivity index (χ2v) is 14.8. The van der Waals surface area contributed by atoms with Crippen LogP contribution in [0.4, 0.5) is 17.1 Å². The lowest BCUT2D eigenvalue weighted by molar-refractivity contribution is 0.685. The van der Waals surface area contributed by atoms with E-state index in [1.165, 1.54) is 85.1 Å². The zero-order valence-corrected chi connectivity index (χ0v) is 32.1. The van der Waals surface area contributed by atoms with Gasteiger partial charge >= 0.3 is 0 Å². The minimum Gasteiger partial charge on any atom is -0.310 e. The highest BCUT2D eigenvalue weighted by molar-refractivity contribution is 6.03. The Morgan fingerprint density at radius 1 is 0.421 bits per heavy atom. The molecule has 0 heterocycles. The van der Waals surface area contributed by atoms with Crippen molar-refractivity contribution >= 4 is 51.1 Å². The summed E-state index contributed by atoms with van der Waals surface area (Å²) in [5, 5.41) is 2.44. The van der Waals surface area contributed by atoms with Crippen LogP contribution in [0.2, 0.25) is 0 Å². The molecule has 0 aromatic heterocycles. The van der Waals surface area contributed by atoms with E-state index in [9.17, 15) is 0 Å². The molecular formula is C56H45N. The number of nitrogens with zero attached hydrogens (tertiary/aromatic N) is 1. The maximum absolute atomic E-state index is 2.45. The minimum atomic E-state index is 1.13. The van der Waals surface area contributed by atoms with E-state index < -0.39 is 0 Å². The summed E-state index contributed by atoms with van der Waals surface area (Å²) >= 11 is 0. The summed E-state index contributed by atoms with van der Waals surface area (Å²) in [5.41, 5.74) is 16.0. The van der Waals surface area contributed by atoms with E-state index in [0.717, 1.165) is 24.1 Å². The normalized spacial score (nSPS) is 12.2. The molecule has 0 aliphatic heterocycles. The number of allylic oxidation sites excluding steroid dienone is 2. The van der Waals surface area contributed by atoms with Gasteiger partial charge in [0.25, 0.3) is 0 Å². The second-order valence-electron chi connectivity index (χ2n) is 14.8. The third-order valence-corrected chi connectivity index (χ3v) is 11.1. The predicted molar refractivity (Wildman–Crippen MR) is 244 cm³/mol. The zero-order valence-electron chi connectivity index (χ0n) is 32.1. The van der Waals surface area contributed by atoms with Gasteiger partial charge in [0.1, 0.15) is 0 Å². The molecule has 1 aliphatic carbocycles. The van der Waals surface area contributed by atoms with E-state index in [1.54, 1.807) is 0 Å². The first kappa shape index (κ1) is 35.7. The minimum absolute atomic E-state index is 1.13. The van der Waals surface area contributed by atoms with Gasteiger partial charge in [-0.15, -0.1) is 0 Å². The van der Waals surface area contributed by atoms with Crippen LogP contribution >= 0.6 is 0 Å². The molecule has 1 aliphatic rings. The smallest absolute Gasteiger partial charge is 0.0540 e. The van der Waals surface area contributed by atoms with Crippen LogP contribution in [-0.4, -0.2) is 0 Å². The number of anilines is 3. The number of hydrogen-bond acceptors (Lipinski definition) is 1. The summed E-state index contributed by atoms with van der Waals surface area (Å²) in [5.74, 6) is 0. The summed E-state index contributed by atoms with van der Waals surface area (Å²) in [7, 11) is 0. The first-order chi connectivity index (χ1) is 28.3. The van der Waals surface area contributed by atoms with Crippen molar-refractivity contribution in [3.8, 4) is 0 Å². The van der Waals surface area contributed by atoms with E-state index in [1.807, 2.05) is 0 Å². The van der Waals surface area contributed by atoms with Crippen molar-refractivity contribution in [2.45, 2.75) is 25.7 Å². The molecule has 8 aromatic rings. The molecule has 274 valence electrons. The van der Waals surface area contributed by atoms with Crippen LogP contribution in [0.5, 0.6) is 0 Å². The van der Waals surface area contributed by atoms with E-state index in [-0.39, 0.29) is 0 Å². The quantitative estimate of drug-likeness (QED) is 0.1000. The van der Waals surface area contributed by atoms with Gasteiger partial charge in [0.05, 0.1) is 5.69 Å². The Balaban J connectivity index is 1.13. The fraction of sp³-hybridized carbons (Fsp3) is 0.0714. The summed E-state index contributed by atoms with van der Waals surface area (Å²) < 4.78 is 0. The largest absolute Gasteiger partial charge is 0.310 e. The lowest BCUT2D eigenvalue weighted by atomic mass is 9.91. The molecule has 0 unspecified atom stereocenters. The van der Waals surface area contributed by atoms with Gasteiger partial charge < -0.3 is 4.90 Å². The first-order valence-electron chi connectivity index (χ1n) is 20.1. The molecule has 0 radical (unpaired) electrons. The highest BCUT2D eigenvalue weighted by atomic mass is 15.1. The fourth-order valence-corrected chi connectivity index (χ4v) is 8.23. The van der Waals surface area contributed by atoms with Crippen LogP contribution in [-0.2, 0) is 12.8 Å². The number of hydrogen-bond donors (Lipinski definition) is 0. The molecule has 57 heavy (non-hydrogen) atoms. The Morgan fingerprint density at radius 2 is 0.930 bits per heavy atom. The van der Waals surface area contributed by atoms with Crippen molar-refractivity contribution in [1.29, 1.82) is 0 Å². The molecule has 8 aromatic carbocycles. The number of rotatable bonds is 10. The summed E-state index contributed by atoms with van der Waals surface area (Å²) in [4.78, 5) is 2.45. The maximum Gasteiger partial charge on any atom is 0.0540 e. The topological polar surface area (TPSA) is 3.24 Å². The Bertz CT molecular complexity index is 2600. The van der Waals surface area contributed by atoms with Crippen LogP contribution in [0.15, 0.2) is 212 Å². The standard InChI is InChI=1S/C56H45N/c1-5-19-44(20-6-1)52(45-21-7-2-8-22-45)31-17-28-48-35-39-56(54-30-16-15-29-53(48)54)57(51-38-34-43-18-13-14-27-49(43)41-51)50-36-32-42(33-37-50)40-55(46-23-9-3-10-24-46)47-25-11-4-12-26-47/h1-12,15-17,19-26,28-41H,13-14,18,27H2/b28-17+. The lowest BCUT2D eigenvalue weighted by Crippen LogP contribution is -2.12. The average Bonchev–Trinajstić information content (AvgIpc) is 3.29. The van der Waals surface area contributed by atoms with Crippen LogP contribution < -0.4 is 4.90 Å². The Morgan fingerprint density at radius 3 is 1.53 bits per heavy atom. The first-order valence-corrected chi connectivity index (χ1v) is 20.1. The molecule has 9 rings (SSSR count). The van der Waals surface area contributed by atoms with Crippen LogP contribution in [0.1, 0.15) is 57.3 Å². The Kier molecular flexibility index (Phi) is 10.5. The molecule has 0 saturated heterocycles. The zero-order chi connectivity index (χ0) is 38.2. The third-order valence-electron chi connectivity index (χ3n) is 11.1. The molecule has 0 saturated carbocycles. The maximum atomic E-state index is 2.45. The van der Waals surface area contributed by atoms with Crippen molar-refractivity contribution in [3.63, 3.8) is 0 Å². The van der Waals surface area contributed by atoms with Gasteiger partial charge in [-0.2, -0.15) is 0 Å². The number of benzene rings is 8. The third kappa shape index (κ3) is 7.92. The van der Waals surface area contributed by atoms with Gasteiger partial charge in [-0.25, -0.2) is 0 Å². The van der Waals surface area contributed by atoms with Crippen molar-refractivity contribution in [1.82, 2.24) is 0 Å².